The highest BCUT2D eigenvalue weighted by atomic mass is 79.9. The average Bonchev–Trinajstić information content (AvgIpc) is 2.54. The van der Waals surface area contributed by atoms with Crippen LogP contribution < -0.4 is 0 Å². The standard InChI is InChI=1S/C23H26Br2O5/c1-22(2)7-14(26)19(15(27)8-22)18(11-5-12(24)21(30)13(25)6-11)20-16(28)9-23(3,4)10-17(20)29/h5-6,18-19,28,30H,7-10H2,1-4H3/t18-/m1/s1. The lowest BCUT2D eigenvalue weighted by Crippen LogP contribution is -2.43. The maximum absolute atomic E-state index is 13.1. The molecule has 0 bridgehead atoms. The van der Waals surface area contributed by atoms with Crippen molar-refractivity contribution >= 4 is 49.2 Å². The summed E-state index contributed by atoms with van der Waals surface area (Å²) < 4.78 is 0.744. The highest BCUT2D eigenvalue weighted by molar-refractivity contribution is 9.11. The number of aliphatic hydroxyl groups is 1. The Morgan fingerprint density at radius 2 is 1.33 bits per heavy atom. The van der Waals surface area contributed by atoms with Crippen molar-refractivity contribution in [1.82, 2.24) is 0 Å². The first-order chi connectivity index (χ1) is 13.7. The minimum absolute atomic E-state index is 0.0192. The molecule has 0 unspecified atom stereocenters. The molecule has 30 heavy (non-hydrogen) atoms. The maximum atomic E-state index is 13.1. The molecule has 1 aromatic rings. The number of hydrogen-bond acceptors (Lipinski definition) is 5. The highest BCUT2D eigenvalue weighted by Crippen LogP contribution is 2.49. The van der Waals surface area contributed by atoms with Gasteiger partial charge in [0.1, 0.15) is 23.1 Å². The van der Waals surface area contributed by atoms with Crippen LogP contribution in [0.5, 0.6) is 5.75 Å². The van der Waals surface area contributed by atoms with E-state index in [-0.39, 0.29) is 53.7 Å². The zero-order chi connectivity index (χ0) is 22.6. The van der Waals surface area contributed by atoms with Gasteiger partial charge in [-0.15, -0.1) is 0 Å². The molecule has 1 atom stereocenters. The molecule has 162 valence electrons. The summed E-state index contributed by atoms with van der Waals surface area (Å²) in [5.74, 6) is -2.71. The molecule has 1 aromatic carbocycles. The van der Waals surface area contributed by atoms with Crippen molar-refractivity contribution in [2.45, 2.75) is 59.3 Å². The van der Waals surface area contributed by atoms with E-state index in [0.29, 0.717) is 20.9 Å². The number of aliphatic hydroxyl groups excluding tert-OH is 1. The van der Waals surface area contributed by atoms with Gasteiger partial charge in [0, 0.05) is 37.2 Å². The van der Waals surface area contributed by atoms with Crippen LogP contribution in [0.3, 0.4) is 0 Å². The summed E-state index contributed by atoms with van der Waals surface area (Å²) in [6.45, 7) is 7.57. The molecule has 2 N–H and O–H groups in total. The lowest BCUT2D eigenvalue weighted by atomic mass is 9.62. The zero-order valence-electron chi connectivity index (χ0n) is 17.5. The molecule has 0 radical (unpaired) electrons. The Morgan fingerprint density at radius 3 is 1.80 bits per heavy atom. The lowest BCUT2D eigenvalue weighted by Gasteiger charge is -2.39. The van der Waals surface area contributed by atoms with Crippen LogP contribution in [0.25, 0.3) is 0 Å². The van der Waals surface area contributed by atoms with Crippen LogP contribution in [-0.2, 0) is 14.4 Å². The molecule has 0 aromatic heterocycles. The molecular formula is C23H26Br2O5. The molecule has 0 aliphatic heterocycles. The van der Waals surface area contributed by atoms with Gasteiger partial charge in [0.05, 0.1) is 14.9 Å². The number of ketones is 3. The number of aromatic hydroxyl groups is 1. The number of Topliss-reactive ketones (excluding diaryl/α,β-unsaturated/α-hetero) is 3. The van der Waals surface area contributed by atoms with E-state index in [1.165, 1.54) is 0 Å². The summed E-state index contributed by atoms with van der Waals surface area (Å²) in [5, 5.41) is 21.0. The number of hydrogen-bond donors (Lipinski definition) is 2. The molecule has 7 heteroatoms. The molecule has 2 aliphatic rings. The van der Waals surface area contributed by atoms with Crippen molar-refractivity contribution in [2.75, 3.05) is 0 Å². The van der Waals surface area contributed by atoms with Crippen molar-refractivity contribution in [3.63, 3.8) is 0 Å². The van der Waals surface area contributed by atoms with Gasteiger partial charge < -0.3 is 10.2 Å². The molecule has 0 amide bonds. The molecular weight excluding hydrogens is 516 g/mol. The Kier molecular flexibility index (Phi) is 6.11. The van der Waals surface area contributed by atoms with Gasteiger partial charge in [0.25, 0.3) is 0 Å². The van der Waals surface area contributed by atoms with Crippen molar-refractivity contribution < 1.29 is 24.6 Å². The Bertz CT molecular complexity index is 931. The van der Waals surface area contributed by atoms with Gasteiger partial charge in [-0.05, 0) is 60.4 Å². The number of benzene rings is 1. The van der Waals surface area contributed by atoms with Crippen LogP contribution in [-0.4, -0.2) is 27.6 Å². The van der Waals surface area contributed by atoms with E-state index >= 15 is 0 Å². The van der Waals surface area contributed by atoms with Gasteiger partial charge in [0.2, 0.25) is 0 Å². The van der Waals surface area contributed by atoms with Gasteiger partial charge in [0.15, 0.2) is 5.78 Å². The minimum Gasteiger partial charge on any atom is -0.512 e. The van der Waals surface area contributed by atoms with Gasteiger partial charge >= 0.3 is 0 Å². The fourth-order valence-corrected chi connectivity index (χ4v) is 5.94. The van der Waals surface area contributed by atoms with E-state index in [1.807, 2.05) is 27.7 Å². The molecule has 0 spiro atoms. The van der Waals surface area contributed by atoms with Gasteiger partial charge in [-0.25, -0.2) is 0 Å². The lowest BCUT2D eigenvalue weighted by molar-refractivity contribution is -0.140. The van der Waals surface area contributed by atoms with E-state index in [4.69, 9.17) is 0 Å². The quantitative estimate of drug-likeness (QED) is 0.473. The predicted molar refractivity (Wildman–Crippen MR) is 120 cm³/mol. The van der Waals surface area contributed by atoms with Crippen LogP contribution in [0, 0.1) is 16.7 Å². The summed E-state index contributed by atoms with van der Waals surface area (Å²) in [5.41, 5.74) is -0.161. The van der Waals surface area contributed by atoms with Crippen molar-refractivity contribution in [2.24, 2.45) is 16.7 Å². The van der Waals surface area contributed by atoms with E-state index < -0.39 is 22.7 Å². The number of carbonyl (C=O) groups excluding carboxylic acids is 3. The fourth-order valence-electron chi connectivity index (χ4n) is 4.72. The third kappa shape index (κ3) is 4.42. The second-order valence-corrected chi connectivity index (χ2v) is 11.7. The van der Waals surface area contributed by atoms with Gasteiger partial charge in [-0.3, -0.25) is 14.4 Å². The SMILES string of the molecule is CC1(C)CC(=O)C([C@H](C2=C(O)CC(C)(C)CC2=O)c2cc(Br)c(O)c(Br)c2)C(=O)C1. The summed E-state index contributed by atoms with van der Waals surface area (Å²) in [7, 11) is 0. The fraction of sp³-hybridized carbons (Fsp3) is 0.522. The van der Waals surface area contributed by atoms with Gasteiger partial charge in [-0.1, -0.05) is 27.7 Å². The van der Waals surface area contributed by atoms with Crippen LogP contribution in [0.1, 0.15) is 64.9 Å². The van der Waals surface area contributed by atoms with E-state index in [2.05, 4.69) is 31.9 Å². The van der Waals surface area contributed by atoms with Crippen LogP contribution in [0.2, 0.25) is 0 Å². The van der Waals surface area contributed by atoms with Crippen molar-refractivity contribution in [3.8, 4) is 5.75 Å². The second-order valence-electron chi connectivity index (χ2n) is 10.0. The maximum Gasteiger partial charge on any atom is 0.163 e. The molecule has 2 aliphatic carbocycles. The van der Waals surface area contributed by atoms with Gasteiger partial charge in [-0.2, -0.15) is 0 Å². The predicted octanol–water partition coefficient (Wildman–Crippen LogP) is 5.78. The third-order valence-corrected chi connectivity index (χ3v) is 7.15. The first-order valence-corrected chi connectivity index (χ1v) is 11.5. The molecule has 5 nitrogen and oxygen atoms in total. The first kappa shape index (κ1) is 23.2. The summed E-state index contributed by atoms with van der Waals surface area (Å²) in [6, 6.07) is 3.22. The Hall–Kier alpha value is -1.47. The minimum atomic E-state index is -1.04. The summed E-state index contributed by atoms with van der Waals surface area (Å²) >= 11 is 6.59. The molecule has 1 fully saturated rings. The molecule has 1 saturated carbocycles. The topological polar surface area (TPSA) is 91.7 Å². The Morgan fingerprint density at radius 1 is 0.867 bits per heavy atom. The number of halogens is 2. The third-order valence-electron chi connectivity index (χ3n) is 5.94. The monoisotopic (exact) mass is 540 g/mol. The zero-order valence-corrected chi connectivity index (χ0v) is 20.7. The largest absolute Gasteiger partial charge is 0.512 e. The number of carbonyl (C=O) groups is 3. The number of phenols is 1. The Labute approximate surface area is 193 Å². The molecule has 0 saturated heterocycles. The van der Waals surface area contributed by atoms with Crippen molar-refractivity contribution in [3.05, 3.63) is 38.0 Å². The second kappa shape index (κ2) is 7.90. The molecule has 3 rings (SSSR count). The normalized spacial score (nSPS) is 23.1. The van der Waals surface area contributed by atoms with Crippen LogP contribution in [0.15, 0.2) is 32.4 Å². The average molecular weight is 542 g/mol. The number of rotatable bonds is 3. The number of allylic oxidation sites excluding steroid dienone is 2. The van der Waals surface area contributed by atoms with E-state index in [1.54, 1.807) is 12.1 Å². The first-order valence-electron chi connectivity index (χ1n) is 9.91. The Balaban J connectivity index is 2.22. The van der Waals surface area contributed by atoms with Crippen LogP contribution in [0.4, 0.5) is 0 Å². The van der Waals surface area contributed by atoms with Crippen LogP contribution >= 0.6 is 31.9 Å². The van der Waals surface area contributed by atoms with E-state index in [0.717, 1.165) is 0 Å². The highest BCUT2D eigenvalue weighted by Gasteiger charge is 2.48. The molecule has 0 heterocycles. The van der Waals surface area contributed by atoms with Crippen molar-refractivity contribution in [1.29, 1.82) is 0 Å². The summed E-state index contributed by atoms with van der Waals surface area (Å²) in [4.78, 5) is 39.4. The smallest absolute Gasteiger partial charge is 0.163 e. The summed E-state index contributed by atoms with van der Waals surface area (Å²) in [6.07, 6.45) is 0.984. The van der Waals surface area contributed by atoms with E-state index in [9.17, 15) is 24.6 Å². The number of phenolic OH excluding ortho intramolecular Hbond substituents is 1.